The number of hydrogen-bond acceptors (Lipinski definition) is 4. The van der Waals surface area contributed by atoms with Crippen LogP contribution in [0.2, 0.25) is 0 Å². The zero-order chi connectivity index (χ0) is 21.5. The van der Waals surface area contributed by atoms with Crippen molar-refractivity contribution in [1.29, 1.82) is 0 Å². The van der Waals surface area contributed by atoms with Crippen molar-refractivity contribution in [2.45, 2.75) is 33.9 Å². The Kier molecular flexibility index (Phi) is 7.46. The van der Waals surface area contributed by atoms with E-state index in [1.165, 1.54) is 11.8 Å². The highest BCUT2D eigenvalue weighted by Crippen LogP contribution is 2.20. The highest BCUT2D eigenvalue weighted by molar-refractivity contribution is 7.10. The fourth-order valence-electron chi connectivity index (χ4n) is 3.25. The number of benzene rings is 1. The quantitative estimate of drug-likeness (QED) is 0.487. The molecule has 0 aliphatic carbocycles. The monoisotopic (exact) mass is 424 g/mol. The molecule has 0 aliphatic rings. The Bertz CT molecular complexity index is 948. The smallest absolute Gasteiger partial charge is 0.290 e. The first-order valence-electron chi connectivity index (χ1n) is 10.1. The third kappa shape index (κ3) is 5.83. The normalized spacial score (nSPS) is 10.9. The first-order valence-corrected chi connectivity index (χ1v) is 11.0. The Balaban J connectivity index is 1.80. The van der Waals surface area contributed by atoms with Gasteiger partial charge in [-0.05, 0) is 47.5 Å². The molecule has 0 spiro atoms. The van der Waals surface area contributed by atoms with Crippen molar-refractivity contribution in [3.05, 3.63) is 81.9 Å². The van der Waals surface area contributed by atoms with Crippen LogP contribution < -0.4 is 0 Å². The molecule has 30 heavy (non-hydrogen) atoms. The molecule has 6 heteroatoms. The second-order valence-corrected chi connectivity index (χ2v) is 8.82. The average Bonchev–Trinajstić information content (AvgIpc) is 3.39. The molecule has 2 heterocycles. The minimum Gasteiger partial charge on any atom is -0.459 e. The third-order valence-corrected chi connectivity index (χ3v) is 5.81. The van der Waals surface area contributed by atoms with Gasteiger partial charge in [0.25, 0.3) is 5.91 Å². The average molecular weight is 425 g/mol. The molecule has 0 bridgehead atoms. The Hall–Kier alpha value is -2.86. The SMILES string of the molecule is Cc1ccsc1CN(Cc1ccccc1)C(=O)CN(CC(C)C)C(=O)c1ccco1. The van der Waals surface area contributed by atoms with Gasteiger partial charge in [-0.1, -0.05) is 44.2 Å². The molecule has 3 rings (SSSR count). The minimum atomic E-state index is -0.256. The number of nitrogens with zero attached hydrogens (tertiary/aromatic N) is 2. The molecule has 2 amide bonds. The zero-order valence-corrected chi connectivity index (χ0v) is 18.5. The van der Waals surface area contributed by atoms with Gasteiger partial charge in [-0.25, -0.2) is 0 Å². The number of carbonyl (C=O) groups excluding carboxylic acids is 2. The molecule has 3 aromatic rings. The van der Waals surface area contributed by atoms with Crippen LogP contribution in [0.1, 0.15) is 40.4 Å². The Morgan fingerprint density at radius 3 is 2.37 bits per heavy atom. The van der Waals surface area contributed by atoms with Crippen LogP contribution in [0.4, 0.5) is 0 Å². The standard InChI is InChI=1S/C24H28N2O3S/c1-18(2)14-26(24(28)21-10-7-12-29-21)17-23(27)25(15-20-8-5-4-6-9-20)16-22-19(3)11-13-30-22/h4-13,18H,14-17H2,1-3H3. The fraction of sp³-hybridized carbons (Fsp3) is 0.333. The second-order valence-electron chi connectivity index (χ2n) is 7.82. The molecular formula is C24H28N2O3S. The lowest BCUT2D eigenvalue weighted by molar-refractivity contribution is -0.133. The largest absolute Gasteiger partial charge is 0.459 e. The number of amides is 2. The summed E-state index contributed by atoms with van der Waals surface area (Å²) in [5.74, 6) is 0.159. The van der Waals surface area contributed by atoms with Gasteiger partial charge in [0.15, 0.2) is 5.76 Å². The summed E-state index contributed by atoms with van der Waals surface area (Å²) in [4.78, 5) is 30.8. The van der Waals surface area contributed by atoms with Gasteiger partial charge in [0.05, 0.1) is 12.8 Å². The maximum absolute atomic E-state index is 13.4. The van der Waals surface area contributed by atoms with Crippen molar-refractivity contribution in [3.8, 4) is 0 Å². The van der Waals surface area contributed by atoms with Crippen LogP contribution in [-0.4, -0.2) is 34.7 Å². The van der Waals surface area contributed by atoms with Gasteiger partial charge >= 0.3 is 0 Å². The van der Waals surface area contributed by atoms with E-state index in [9.17, 15) is 9.59 Å². The summed E-state index contributed by atoms with van der Waals surface area (Å²) in [6.45, 7) is 7.66. The molecule has 0 saturated carbocycles. The molecule has 158 valence electrons. The first-order chi connectivity index (χ1) is 14.4. The zero-order valence-electron chi connectivity index (χ0n) is 17.7. The number of rotatable bonds is 9. The van der Waals surface area contributed by atoms with Crippen LogP contribution in [0, 0.1) is 12.8 Å². The topological polar surface area (TPSA) is 53.8 Å². The molecule has 2 aromatic heterocycles. The molecule has 0 atom stereocenters. The van der Waals surface area contributed by atoms with Crippen LogP contribution in [0.25, 0.3) is 0 Å². The van der Waals surface area contributed by atoms with Gasteiger partial charge in [-0.15, -0.1) is 11.3 Å². The van der Waals surface area contributed by atoms with E-state index in [-0.39, 0.29) is 30.0 Å². The van der Waals surface area contributed by atoms with Crippen molar-refractivity contribution < 1.29 is 14.0 Å². The molecule has 0 saturated heterocycles. The Labute approximate surface area is 181 Å². The lowest BCUT2D eigenvalue weighted by Crippen LogP contribution is -2.43. The second kappa shape index (κ2) is 10.3. The molecule has 0 N–H and O–H groups in total. The van der Waals surface area contributed by atoms with Gasteiger partial charge in [0.1, 0.15) is 6.54 Å². The fourth-order valence-corrected chi connectivity index (χ4v) is 4.18. The summed E-state index contributed by atoms with van der Waals surface area (Å²) in [6.07, 6.45) is 1.48. The highest BCUT2D eigenvalue weighted by atomic mass is 32.1. The summed E-state index contributed by atoms with van der Waals surface area (Å²) in [7, 11) is 0. The van der Waals surface area contributed by atoms with Crippen molar-refractivity contribution in [3.63, 3.8) is 0 Å². The van der Waals surface area contributed by atoms with Crippen LogP contribution in [0.3, 0.4) is 0 Å². The summed E-state index contributed by atoms with van der Waals surface area (Å²) in [5, 5.41) is 2.04. The van der Waals surface area contributed by atoms with Gasteiger partial charge in [0, 0.05) is 18.0 Å². The van der Waals surface area contributed by atoms with Gasteiger partial charge in [-0.2, -0.15) is 0 Å². The van der Waals surface area contributed by atoms with Crippen molar-refractivity contribution in [1.82, 2.24) is 9.80 Å². The maximum Gasteiger partial charge on any atom is 0.290 e. The summed E-state index contributed by atoms with van der Waals surface area (Å²) < 4.78 is 5.28. The summed E-state index contributed by atoms with van der Waals surface area (Å²) in [6, 6.07) is 15.3. The Morgan fingerprint density at radius 1 is 1.00 bits per heavy atom. The molecule has 5 nitrogen and oxygen atoms in total. The predicted molar refractivity (Wildman–Crippen MR) is 119 cm³/mol. The predicted octanol–water partition coefficient (Wildman–Crippen LogP) is 4.98. The van der Waals surface area contributed by atoms with Gasteiger partial charge < -0.3 is 14.2 Å². The van der Waals surface area contributed by atoms with E-state index < -0.39 is 0 Å². The first kappa shape index (κ1) is 21.8. The van der Waals surface area contributed by atoms with Crippen LogP contribution in [-0.2, 0) is 17.9 Å². The number of furan rings is 1. The van der Waals surface area contributed by atoms with E-state index in [0.717, 1.165) is 10.4 Å². The van der Waals surface area contributed by atoms with Crippen molar-refractivity contribution >= 4 is 23.2 Å². The van der Waals surface area contributed by atoms with E-state index in [2.05, 4.69) is 13.0 Å². The van der Waals surface area contributed by atoms with Gasteiger partial charge in [0.2, 0.25) is 5.91 Å². The maximum atomic E-state index is 13.4. The van der Waals surface area contributed by atoms with Crippen LogP contribution in [0.15, 0.2) is 64.6 Å². The van der Waals surface area contributed by atoms with Crippen molar-refractivity contribution in [2.75, 3.05) is 13.1 Å². The molecule has 1 aromatic carbocycles. The molecular weight excluding hydrogens is 396 g/mol. The van der Waals surface area contributed by atoms with E-state index in [0.29, 0.717) is 19.6 Å². The van der Waals surface area contributed by atoms with E-state index >= 15 is 0 Å². The number of carbonyl (C=O) groups is 2. The Morgan fingerprint density at radius 2 is 1.77 bits per heavy atom. The number of thiophene rings is 1. The van der Waals surface area contributed by atoms with Crippen molar-refractivity contribution in [2.24, 2.45) is 5.92 Å². The molecule has 0 unspecified atom stereocenters. The number of aryl methyl sites for hydroxylation is 1. The van der Waals surface area contributed by atoms with Gasteiger partial charge in [-0.3, -0.25) is 9.59 Å². The van der Waals surface area contributed by atoms with Crippen LogP contribution >= 0.6 is 11.3 Å². The molecule has 0 aliphatic heterocycles. The molecule has 0 radical (unpaired) electrons. The minimum absolute atomic E-state index is 0.0228. The number of hydrogen-bond donors (Lipinski definition) is 0. The highest BCUT2D eigenvalue weighted by Gasteiger charge is 2.25. The van der Waals surface area contributed by atoms with Crippen LogP contribution in [0.5, 0.6) is 0 Å². The van der Waals surface area contributed by atoms with E-state index in [1.807, 2.05) is 54.5 Å². The van der Waals surface area contributed by atoms with E-state index in [1.54, 1.807) is 28.4 Å². The molecule has 0 fully saturated rings. The third-order valence-electron chi connectivity index (χ3n) is 4.80. The van der Waals surface area contributed by atoms with E-state index in [4.69, 9.17) is 4.42 Å². The summed E-state index contributed by atoms with van der Waals surface area (Å²) >= 11 is 1.65. The summed E-state index contributed by atoms with van der Waals surface area (Å²) in [5.41, 5.74) is 2.24. The lowest BCUT2D eigenvalue weighted by atomic mass is 10.1. The lowest BCUT2D eigenvalue weighted by Gasteiger charge is -2.28.